The fourth-order valence-corrected chi connectivity index (χ4v) is 3.44. The molecular formula is C21H20O11. The highest BCUT2D eigenvalue weighted by molar-refractivity contribution is 5.88. The van der Waals surface area contributed by atoms with Gasteiger partial charge in [0.05, 0.1) is 6.61 Å². The van der Waals surface area contributed by atoms with Crippen LogP contribution in [0, 0.1) is 0 Å². The van der Waals surface area contributed by atoms with E-state index in [0.717, 1.165) is 6.07 Å². The van der Waals surface area contributed by atoms with Crippen LogP contribution in [0.2, 0.25) is 0 Å². The maximum atomic E-state index is 12.6. The molecule has 11 nitrogen and oxygen atoms in total. The highest BCUT2D eigenvalue weighted by Gasteiger charge is 2.44. The number of hydrogen-bond acceptors (Lipinski definition) is 11. The molecule has 2 heterocycles. The second-order valence-corrected chi connectivity index (χ2v) is 7.29. The summed E-state index contributed by atoms with van der Waals surface area (Å²) in [5.74, 6) is -1.73. The van der Waals surface area contributed by atoms with Gasteiger partial charge < -0.3 is 49.6 Å². The first-order valence-corrected chi connectivity index (χ1v) is 9.50. The average molecular weight is 448 g/mol. The van der Waals surface area contributed by atoms with Crippen molar-refractivity contribution in [3.05, 3.63) is 46.6 Å². The van der Waals surface area contributed by atoms with E-state index in [-0.39, 0.29) is 33.8 Å². The number of ether oxygens (including phenoxy) is 2. The van der Waals surface area contributed by atoms with Gasteiger partial charge in [-0.05, 0) is 24.3 Å². The van der Waals surface area contributed by atoms with Crippen LogP contribution in [0.3, 0.4) is 0 Å². The van der Waals surface area contributed by atoms with Crippen LogP contribution in [-0.4, -0.2) is 73.1 Å². The Hall–Kier alpha value is -3.35. The van der Waals surface area contributed by atoms with Crippen LogP contribution >= 0.6 is 0 Å². The lowest BCUT2D eigenvalue weighted by Crippen LogP contribution is -2.60. The molecule has 170 valence electrons. The molecule has 1 aliphatic rings. The third kappa shape index (κ3) is 3.72. The number of phenolic OH excluding ortho intramolecular Hbond substituents is 2. The fraction of sp³-hybridized carbons (Fsp3) is 0.286. The van der Waals surface area contributed by atoms with Crippen LogP contribution in [0.15, 0.2) is 45.6 Å². The van der Waals surface area contributed by atoms with E-state index in [1.165, 1.54) is 30.3 Å². The van der Waals surface area contributed by atoms with Crippen molar-refractivity contribution in [3.8, 4) is 34.3 Å². The molecule has 32 heavy (non-hydrogen) atoms. The summed E-state index contributed by atoms with van der Waals surface area (Å²) in [7, 11) is 0. The third-order valence-electron chi connectivity index (χ3n) is 5.15. The molecule has 0 unspecified atom stereocenters. The first-order chi connectivity index (χ1) is 15.2. The molecule has 3 aromatic rings. The van der Waals surface area contributed by atoms with Gasteiger partial charge in [0, 0.05) is 17.7 Å². The lowest BCUT2D eigenvalue weighted by Gasteiger charge is -2.39. The van der Waals surface area contributed by atoms with E-state index in [2.05, 4.69) is 0 Å². The van der Waals surface area contributed by atoms with Crippen molar-refractivity contribution < 1.29 is 49.6 Å². The quantitative estimate of drug-likeness (QED) is 0.279. The Morgan fingerprint density at radius 2 is 1.62 bits per heavy atom. The Balaban J connectivity index is 1.75. The maximum absolute atomic E-state index is 12.6. The summed E-state index contributed by atoms with van der Waals surface area (Å²) >= 11 is 0. The van der Waals surface area contributed by atoms with Gasteiger partial charge in [-0.2, -0.15) is 0 Å². The molecule has 11 heteroatoms. The van der Waals surface area contributed by atoms with Crippen LogP contribution in [0.1, 0.15) is 0 Å². The van der Waals surface area contributed by atoms with Crippen molar-refractivity contribution in [3.63, 3.8) is 0 Å². The predicted molar refractivity (Wildman–Crippen MR) is 107 cm³/mol. The molecule has 1 fully saturated rings. The van der Waals surface area contributed by atoms with Gasteiger partial charge in [0.25, 0.3) is 0 Å². The highest BCUT2D eigenvalue weighted by atomic mass is 16.7. The zero-order valence-electron chi connectivity index (χ0n) is 16.3. The predicted octanol–water partition coefficient (Wildman–Crippen LogP) is -0.245. The van der Waals surface area contributed by atoms with Gasteiger partial charge in [0.2, 0.25) is 17.5 Å². The summed E-state index contributed by atoms with van der Waals surface area (Å²) in [4.78, 5) is 12.6. The van der Waals surface area contributed by atoms with E-state index in [0.29, 0.717) is 0 Å². The number of aliphatic hydroxyl groups excluding tert-OH is 4. The first-order valence-electron chi connectivity index (χ1n) is 9.50. The summed E-state index contributed by atoms with van der Waals surface area (Å²) in [6, 6.07) is 7.69. The van der Waals surface area contributed by atoms with Gasteiger partial charge in [-0.1, -0.05) is 0 Å². The van der Waals surface area contributed by atoms with Crippen molar-refractivity contribution >= 4 is 11.0 Å². The number of rotatable bonds is 4. The molecule has 5 atom stereocenters. The van der Waals surface area contributed by atoms with Gasteiger partial charge in [0.1, 0.15) is 52.6 Å². The number of benzene rings is 2. The minimum Gasteiger partial charge on any atom is -0.508 e. The van der Waals surface area contributed by atoms with E-state index < -0.39 is 54.2 Å². The van der Waals surface area contributed by atoms with Crippen molar-refractivity contribution in [2.75, 3.05) is 6.61 Å². The number of aliphatic hydroxyl groups is 4. The van der Waals surface area contributed by atoms with Gasteiger partial charge >= 0.3 is 0 Å². The Kier molecular flexibility index (Phi) is 5.67. The molecule has 1 aromatic heterocycles. The molecular weight excluding hydrogens is 428 g/mol. The Morgan fingerprint density at radius 1 is 0.938 bits per heavy atom. The van der Waals surface area contributed by atoms with Crippen molar-refractivity contribution in [2.24, 2.45) is 0 Å². The molecule has 1 saturated heterocycles. The first kappa shape index (κ1) is 21.9. The molecule has 1 aliphatic heterocycles. The summed E-state index contributed by atoms with van der Waals surface area (Å²) in [6.45, 7) is -0.655. The molecule has 0 spiro atoms. The number of hydrogen-bond donors (Lipinski definition) is 7. The lowest BCUT2D eigenvalue weighted by atomic mass is 9.99. The molecule has 0 bridgehead atoms. The summed E-state index contributed by atoms with van der Waals surface area (Å²) in [6.07, 6.45) is -7.67. The van der Waals surface area contributed by atoms with Gasteiger partial charge in [-0.3, -0.25) is 4.79 Å². The van der Waals surface area contributed by atoms with E-state index in [4.69, 9.17) is 13.9 Å². The van der Waals surface area contributed by atoms with E-state index >= 15 is 0 Å². The van der Waals surface area contributed by atoms with Crippen LogP contribution in [0.5, 0.6) is 23.0 Å². The number of aromatic hydroxyl groups is 3. The van der Waals surface area contributed by atoms with E-state index in [9.17, 15) is 40.5 Å². The highest BCUT2D eigenvalue weighted by Crippen LogP contribution is 2.36. The smallest absolute Gasteiger partial charge is 0.238 e. The zero-order valence-corrected chi connectivity index (χ0v) is 16.3. The zero-order chi connectivity index (χ0) is 23.2. The standard InChI is InChI=1S/C21H20O11/c22-7-13-15(25)17(27)19(29)21(32-13)30-10-5-11(24)14-12(6-10)31-20(18(28)16(14)26)8-1-3-9(23)4-2-8/h1-6,13,15,17,19,21-25,27-29H,7H2/t13-,15+,17+,19-,21+/m0/s1. The Bertz CT molecular complexity index is 1190. The SMILES string of the molecule is O=c1c(O)c(-c2ccc(O)cc2)oc2cc(O[C@@H]3O[C@@H](CO)[C@@H](O)[C@@H](O)[C@@H]3O)cc(O)c12. The largest absolute Gasteiger partial charge is 0.508 e. The number of phenols is 2. The Labute approximate surface area is 179 Å². The number of fused-ring (bicyclic) bond motifs is 1. The van der Waals surface area contributed by atoms with Crippen molar-refractivity contribution in [1.82, 2.24) is 0 Å². The van der Waals surface area contributed by atoms with Gasteiger partial charge in [-0.15, -0.1) is 0 Å². The average Bonchev–Trinajstić information content (AvgIpc) is 2.77. The van der Waals surface area contributed by atoms with Crippen LogP contribution in [-0.2, 0) is 4.74 Å². The van der Waals surface area contributed by atoms with Crippen LogP contribution in [0.4, 0.5) is 0 Å². The molecule has 0 radical (unpaired) electrons. The molecule has 0 saturated carbocycles. The molecule has 0 aliphatic carbocycles. The molecule has 7 N–H and O–H groups in total. The van der Waals surface area contributed by atoms with Crippen LogP contribution < -0.4 is 10.2 Å². The molecule has 4 rings (SSSR count). The minimum absolute atomic E-state index is 0.0377. The molecule has 2 aromatic carbocycles. The Morgan fingerprint density at radius 3 is 2.28 bits per heavy atom. The third-order valence-corrected chi connectivity index (χ3v) is 5.15. The summed E-state index contributed by atoms with van der Waals surface area (Å²) in [5.41, 5.74) is -0.805. The maximum Gasteiger partial charge on any atom is 0.238 e. The van der Waals surface area contributed by atoms with E-state index in [1.807, 2.05) is 0 Å². The molecule has 0 amide bonds. The monoisotopic (exact) mass is 448 g/mol. The van der Waals surface area contributed by atoms with Crippen molar-refractivity contribution in [2.45, 2.75) is 30.7 Å². The second kappa shape index (κ2) is 8.30. The van der Waals surface area contributed by atoms with Gasteiger partial charge in [0.15, 0.2) is 5.76 Å². The van der Waals surface area contributed by atoms with Crippen LogP contribution in [0.25, 0.3) is 22.3 Å². The normalized spacial score (nSPS) is 25.7. The second-order valence-electron chi connectivity index (χ2n) is 7.29. The summed E-state index contributed by atoms with van der Waals surface area (Å²) < 4.78 is 16.3. The fourth-order valence-electron chi connectivity index (χ4n) is 3.44. The van der Waals surface area contributed by atoms with E-state index in [1.54, 1.807) is 0 Å². The lowest BCUT2D eigenvalue weighted by molar-refractivity contribution is -0.277. The topological polar surface area (TPSA) is 190 Å². The van der Waals surface area contributed by atoms with Crippen molar-refractivity contribution in [1.29, 1.82) is 0 Å². The van der Waals surface area contributed by atoms with Gasteiger partial charge in [-0.25, -0.2) is 0 Å². The minimum atomic E-state index is -1.69. The summed E-state index contributed by atoms with van der Waals surface area (Å²) in [5, 5.41) is 68.9.